The van der Waals surface area contributed by atoms with Crippen molar-refractivity contribution < 1.29 is 4.39 Å². The van der Waals surface area contributed by atoms with Gasteiger partial charge in [0.15, 0.2) is 5.82 Å². The predicted molar refractivity (Wildman–Crippen MR) is 93.8 cm³/mol. The van der Waals surface area contributed by atoms with Gasteiger partial charge in [-0.05, 0) is 35.9 Å². The molecular formula is C18H13FN6. The largest absolute Gasteiger partial charge is 0.368 e. The smallest absolute Gasteiger partial charge is 0.232 e. The summed E-state index contributed by atoms with van der Waals surface area (Å²) >= 11 is 0. The highest BCUT2D eigenvalue weighted by atomic mass is 19.1. The molecule has 1 aromatic heterocycles. The van der Waals surface area contributed by atoms with Crippen LogP contribution in [0, 0.1) is 17.1 Å². The van der Waals surface area contributed by atoms with Gasteiger partial charge in [0, 0.05) is 5.69 Å². The topological polar surface area (TPSA) is 101 Å². The van der Waals surface area contributed by atoms with Crippen molar-refractivity contribution >= 4 is 29.2 Å². The molecule has 7 heteroatoms. The summed E-state index contributed by atoms with van der Waals surface area (Å²) in [6.45, 7) is 0. The zero-order chi connectivity index (χ0) is 17.6. The first-order chi connectivity index (χ1) is 12.1. The standard InChI is InChI=1S/C18H13FN6/c19-14-6-4-5-12(10-14)9-13(11-20)16-23-17(21)25-18(24-16)22-15-7-2-1-3-8-15/h1-10H,(H3,21,22,23,24,25)/b13-9-. The highest BCUT2D eigenvalue weighted by molar-refractivity contribution is 5.87. The molecule has 122 valence electrons. The molecule has 25 heavy (non-hydrogen) atoms. The number of nitrogens with two attached hydrogens (primary N) is 1. The van der Waals surface area contributed by atoms with E-state index in [2.05, 4.69) is 20.3 Å². The van der Waals surface area contributed by atoms with E-state index in [9.17, 15) is 9.65 Å². The van der Waals surface area contributed by atoms with Crippen LogP contribution in [0.3, 0.4) is 0 Å². The minimum atomic E-state index is -0.396. The number of benzene rings is 2. The van der Waals surface area contributed by atoms with Gasteiger partial charge in [0.05, 0.1) is 5.57 Å². The third-order valence-corrected chi connectivity index (χ3v) is 3.20. The Morgan fingerprint density at radius 3 is 2.60 bits per heavy atom. The number of nitriles is 1. The van der Waals surface area contributed by atoms with Crippen molar-refractivity contribution in [1.29, 1.82) is 5.26 Å². The Morgan fingerprint density at radius 1 is 1.08 bits per heavy atom. The van der Waals surface area contributed by atoms with Gasteiger partial charge in [-0.2, -0.15) is 20.2 Å². The number of hydrogen-bond donors (Lipinski definition) is 2. The van der Waals surface area contributed by atoms with Gasteiger partial charge >= 0.3 is 0 Å². The number of hydrogen-bond acceptors (Lipinski definition) is 6. The van der Waals surface area contributed by atoms with Crippen molar-refractivity contribution in [2.75, 3.05) is 11.1 Å². The molecule has 0 spiro atoms. The van der Waals surface area contributed by atoms with Crippen molar-refractivity contribution in [3.63, 3.8) is 0 Å². The van der Waals surface area contributed by atoms with Crippen molar-refractivity contribution in [2.45, 2.75) is 0 Å². The second kappa shape index (κ2) is 7.19. The Labute approximate surface area is 143 Å². The molecule has 0 saturated carbocycles. The van der Waals surface area contributed by atoms with E-state index >= 15 is 0 Å². The first-order valence-electron chi connectivity index (χ1n) is 7.35. The van der Waals surface area contributed by atoms with E-state index < -0.39 is 5.82 Å². The summed E-state index contributed by atoms with van der Waals surface area (Å²) in [6, 6.07) is 17.2. The molecule has 3 N–H and O–H groups in total. The molecule has 3 aromatic rings. The van der Waals surface area contributed by atoms with E-state index in [1.54, 1.807) is 12.1 Å². The van der Waals surface area contributed by atoms with Gasteiger partial charge in [-0.15, -0.1) is 0 Å². The maximum Gasteiger partial charge on any atom is 0.232 e. The first-order valence-corrected chi connectivity index (χ1v) is 7.35. The Morgan fingerprint density at radius 2 is 1.88 bits per heavy atom. The van der Waals surface area contributed by atoms with Gasteiger partial charge in [-0.3, -0.25) is 0 Å². The minimum absolute atomic E-state index is 0.0242. The molecule has 0 radical (unpaired) electrons. The summed E-state index contributed by atoms with van der Waals surface area (Å²) in [4.78, 5) is 12.2. The Kier molecular flexibility index (Phi) is 4.62. The van der Waals surface area contributed by atoms with Crippen LogP contribution in [0.1, 0.15) is 11.4 Å². The average Bonchev–Trinajstić information content (AvgIpc) is 2.60. The maximum absolute atomic E-state index is 13.3. The average molecular weight is 332 g/mol. The molecule has 0 fully saturated rings. The van der Waals surface area contributed by atoms with Crippen LogP contribution in [0.5, 0.6) is 0 Å². The van der Waals surface area contributed by atoms with Crippen LogP contribution < -0.4 is 11.1 Å². The second-order valence-electron chi connectivity index (χ2n) is 5.06. The number of rotatable bonds is 4. The summed E-state index contributed by atoms with van der Waals surface area (Å²) in [5.41, 5.74) is 7.16. The first kappa shape index (κ1) is 16.1. The van der Waals surface area contributed by atoms with Crippen LogP contribution in [0.15, 0.2) is 54.6 Å². The van der Waals surface area contributed by atoms with Crippen molar-refractivity contribution in [3.05, 3.63) is 71.8 Å². The van der Waals surface area contributed by atoms with E-state index in [-0.39, 0.29) is 23.3 Å². The molecule has 0 atom stereocenters. The van der Waals surface area contributed by atoms with Gasteiger partial charge in [0.25, 0.3) is 0 Å². The van der Waals surface area contributed by atoms with E-state index in [0.29, 0.717) is 5.56 Å². The van der Waals surface area contributed by atoms with Crippen molar-refractivity contribution in [3.8, 4) is 6.07 Å². The number of anilines is 3. The van der Waals surface area contributed by atoms with Gasteiger partial charge in [-0.1, -0.05) is 30.3 Å². The van der Waals surface area contributed by atoms with Crippen LogP contribution in [-0.4, -0.2) is 15.0 Å². The molecule has 0 aliphatic carbocycles. The molecule has 0 amide bonds. The summed E-state index contributed by atoms with van der Waals surface area (Å²) in [5.74, 6) is -0.0942. The normalized spacial score (nSPS) is 11.0. The molecule has 0 saturated heterocycles. The lowest BCUT2D eigenvalue weighted by atomic mass is 10.1. The molecule has 3 rings (SSSR count). The third-order valence-electron chi connectivity index (χ3n) is 3.20. The number of nitrogens with one attached hydrogen (secondary N) is 1. The number of para-hydroxylation sites is 1. The highest BCUT2D eigenvalue weighted by Gasteiger charge is 2.10. The van der Waals surface area contributed by atoms with E-state index in [0.717, 1.165) is 5.69 Å². The summed E-state index contributed by atoms with van der Waals surface area (Å²) < 4.78 is 13.3. The van der Waals surface area contributed by atoms with Crippen LogP contribution >= 0.6 is 0 Å². The van der Waals surface area contributed by atoms with Gasteiger partial charge in [0.1, 0.15) is 11.9 Å². The van der Waals surface area contributed by atoms with Crippen LogP contribution in [0.2, 0.25) is 0 Å². The predicted octanol–water partition coefficient (Wildman–Crippen LogP) is 3.40. The number of aromatic nitrogens is 3. The number of allylic oxidation sites excluding steroid dienone is 1. The molecule has 1 heterocycles. The molecule has 0 unspecified atom stereocenters. The Hall–Kier alpha value is -3.79. The van der Waals surface area contributed by atoms with Crippen LogP contribution in [0.4, 0.5) is 22.0 Å². The molecule has 2 aromatic carbocycles. The lowest BCUT2D eigenvalue weighted by Gasteiger charge is -2.07. The maximum atomic E-state index is 13.3. The monoisotopic (exact) mass is 332 g/mol. The molecule has 0 aliphatic heterocycles. The van der Waals surface area contributed by atoms with Crippen molar-refractivity contribution in [1.82, 2.24) is 15.0 Å². The minimum Gasteiger partial charge on any atom is -0.368 e. The zero-order valence-electron chi connectivity index (χ0n) is 13.0. The Balaban J connectivity index is 1.96. The quantitative estimate of drug-likeness (QED) is 0.710. The second-order valence-corrected chi connectivity index (χ2v) is 5.06. The zero-order valence-corrected chi connectivity index (χ0v) is 13.0. The van der Waals surface area contributed by atoms with E-state index in [1.807, 2.05) is 36.4 Å². The van der Waals surface area contributed by atoms with E-state index in [1.165, 1.54) is 18.2 Å². The lowest BCUT2D eigenvalue weighted by molar-refractivity contribution is 0.627. The van der Waals surface area contributed by atoms with Gasteiger partial charge in [0.2, 0.25) is 11.9 Å². The van der Waals surface area contributed by atoms with Crippen LogP contribution in [0.25, 0.3) is 11.6 Å². The Bertz CT molecular complexity index is 963. The molecule has 6 nitrogen and oxygen atoms in total. The summed E-state index contributed by atoms with van der Waals surface area (Å²) in [7, 11) is 0. The summed E-state index contributed by atoms with van der Waals surface area (Å²) in [5, 5.41) is 12.4. The fourth-order valence-corrected chi connectivity index (χ4v) is 2.13. The molecule has 0 aliphatic rings. The van der Waals surface area contributed by atoms with E-state index in [4.69, 9.17) is 5.73 Å². The number of nitrogens with zero attached hydrogens (tertiary/aromatic N) is 4. The van der Waals surface area contributed by atoms with Gasteiger partial charge in [-0.25, -0.2) is 4.39 Å². The number of halogens is 1. The SMILES string of the molecule is N#C/C(=C/c1cccc(F)c1)c1nc(N)nc(Nc2ccccc2)n1. The molecular weight excluding hydrogens is 319 g/mol. The summed E-state index contributed by atoms with van der Waals surface area (Å²) in [6.07, 6.45) is 1.49. The van der Waals surface area contributed by atoms with Crippen LogP contribution in [-0.2, 0) is 0 Å². The lowest BCUT2D eigenvalue weighted by Crippen LogP contribution is -2.06. The van der Waals surface area contributed by atoms with Crippen molar-refractivity contribution in [2.24, 2.45) is 0 Å². The molecule has 0 bridgehead atoms. The van der Waals surface area contributed by atoms with Gasteiger partial charge < -0.3 is 11.1 Å². The third kappa shape index (κ3) is 4.14. The fourth-order valence-electron chi connectivity index (χ4n) is 2.13. The number of nitrogen functional groups attached to an aromatic ring is 1. The fraction of sp³-hybridized carbons (Fsp3) is 0. The highest BCUT2D eigenvalue weighted by Crippen LogP contribution is 2.18.